The number of hydrogen-bond acceptors (Lipinski definition) is 8. The number of hydrogen-bond donors (Lipinski definition) is 8. The third-order valence-electron chi connectivity index (χ3n) is 4.00. The molecule has 12 nitrogen and oxygen atoms in total. The summed E-state index contributed by atoms with van der Waals surface area (Å²) in [6, 6.07) is -4.85. The minimum absolute atomic E-state index is 0.111. The second-order valence-corrected chi connectivity index (χ2v) is 6.50. The summed E-state index contributed by atoms with van der Waals surface area (Å²) in [5, 5.41) is 36.3. The zero-order valence-electron chi connectivity index (χ0n) is 14.9. The number of carbonyl (C=O) groups excluding carboxylic acids is 3. The van der Waals surface area contributed by atoms with Gasteiger partial charge in [0.05, 0.1) is 19.1 Å². The summed E-state index contributed by atoms with van der Waals surface area (Å²) in [4.78, 5) is 58.5. The van der Waals surface area contributed by atoms with E-state index in [9.17, 15) is 24.0 Å². The molecule has 7 N–H and O–H groups in total. The van der Waals surface area contributed by atoms with E-state index in [1.807, 2.05) is 5.32 Å². The first-order valence-electron chi connectivity index (χ1n) is 8.50. The Kier molecular flexibility index (Phi) is 9.68. The zero-order chi connectivity index (χ0) is 21.3. The lowest BCUT2D eigenvalue weighted by molar-refractivity contribution is -0.144. The van der Waals surface area contributed by atoms with Crippen LogP contribution < -0.4 is 21.3 Å². The smallest absolute Gasteiger partial charge is 0.328 e. The van der Waals surface area contributed by atoms with Gasteiger partial charge in [-0.1, -0.05) is 0 Å². The molecule has 1 rings (SSSR count). The Hall–Kier alpha value is -2.38. The van der Waals surface area contributed by atoms with Gasteiger partial charge in [0.25, 0.3) is 0 Å². The average Bonchev–Trinajstić information content (AvgIpc) is 3.17. The lowest BCUT2D eigenvalue weighted by Gasteiger charge is -2.23. The number of aliphatic hydroxyl groups excluding tert-OH is 1. The van der Waals surface area contributed by atoms with Gasteiger partial charge >= 0.3 is 11.9 Å². The van der Waals surface area contributed by atoms with E-state index in [1.54, 1.807) is 0 Å². The predicted octanol–water partition coefficient (Wildman–Crippen LogP) is -3.33. The first kappa shape index (κ1) is 23.7. The van der Waals surface area contributed by atoms with Gasteiger partial charge < -0.3 is 36.6 Å². The number of thiol groups is 1. The number of carbonyl (C=O) groups is 5. The van der Waals surface area contributed by atoms with Crippen molar-refractivity contribution in [3.05, 3.63) is 0 Å². The maximum atomic E-state index is 12.4. The van der Waals surface area contributed by atoms with Crippen LogP contribution in [0.5, 0.6) is 0 Å². The van der Waals surface area contributed by atoms with Crippen LogP contribution in [0.3, 0.4) is 0 Å². The highest BCUT2D eigenvalue weighted by Gasteiger charge is 2.31. The van der Waals surface area contributed by atoms with E-state index in [0.717, 1.165) is 6.42 Å². The molecule has 1 heterocycles. The van der Waals surface area contributed by atoms with Gasteiger partial charge in [-0.05, 0) is 19.4 Å². The topological polar surface area (TPSA) is 194 Å². The molecule has 13 heteroatoms. The molecule has 1 aliphatic rings. The summed E-state index contributed by atoms with van der Waals surface area (Å²) >= 11 is 3.99. The van der Waals surface area contributed by atoms with Gasteiger partial charge in [0, 0.05) is 5.75 Å². The summed E-state index contributed by atoms with van der Waals surface area (Å²) in [6.07, 6.45) is 0.591. The van der Waals surface area contributed by atoms with Gasteiger partial charge in [-0.2, -0.15) is 12.6 Å². The number of amides is 3. The molecular weight excluding hydrogens is 396 g/mol. The van der Waals surface area contributed by atoms with Gasteiger partial charge in [0.2, 0.25) is 17.7 Å². The van der Waals surface area contributed by atoms with Crippen LogP contribution >= 0.6 is 12.6 Å². The molecule has 1 fully saturated rings. The van der Waals surface area contributed by atoms with Crippen LogP contribution in [0.25, 0.3) is 0 Å². The second-order valence-electron chi connectivity index (χ2n) is 6.13. The molecular formula is C15H24N4O8S. The Balaban J connectivity index is 2.77. The minimum Gasteiger partial charge on any atom is -0.481 e. The molecule has 1 saturated heterocycles. The standard InChI is InChI=1S/C15H24N4O8S/c20-5-9(15(26)27)18-13(24)8(4-11(21)22)17-14(25)10(6-28)19-12(23)7-2-1-3-16-7/h7-10,16,20,28H,1-6H2,(H,17,25)(H,18,24)(H,19,23)(H,21,22)(H,26,27). The summed E-state index contributed by atoms with van der Waals surface area (Å²) in [7, 11) is 0. The maximum Gasteiger partial charge on any atom is 0.328 e. The normalized spacial score (nSPS) is 19.1. The molecule has 4 unspecified atom stereocenters. The van der Waals surface area contributed by atoms with Gasteiger partial charge in [0.15, 0.2) is 0 Å². The van der Waals surface area contributed by atoms with Crippen LogP contribution in [0.4, 0.5) is 0 Å². The van der Waals surface area contributed by atoms with Crippen LogP contribution in [-0.4, -0.2) is 88.1 Å². The molecule has 28 heavy (non-hydrogen) atoms. The molecule has 3 amide bonds. The monoisotopic (exact) mass is 420 g/mol. The molecule has 0 aliphatic carbocycles. The van der Waals surface area contributed by atoms with Crippen LogP contribution in [0.2, 0.25) is 0 Å². The highest BCUT2D eigenvalue weighted by Crippen LogP contribution is 2.05. The average molecular weight is 420 g/mol. The highest BCUT2D eigenvalue weighted by atomic mass is 32.1. The van der Waals surface area contributed by atoms with Crippen LogP contribution in [0, 0.1) is 0 Å². The Bertz CT molecular complexity index is 611. The van der Waals surface area contributed by atoms with E-state index >= 15 is 0 Å². The fourth-order valence-electron chi connectivity index (χ4n) is 2.49. The molecule has 158 valence electrons. The van der Waals surface area contributed by atoms with Gasteiger partial charge in [0.1, 0.15) is 18.1 Å². The Morgan fingerprint density at radius 1 is 1.00 bits per heavy atom. The molecule has 4 atom stereocenters. The third-order valence-corrected chi connectivity index (χ3v) is 4.37. The largest absolute Gasteiger partial charge is 0.481 e. The second kappa shape index (κ2) is 11.5. The van der Waals surface area contributed by atoms with Crippen molar-refractivity contribution in [2.75, 3.05) is 18.9 Å². The van der Waals surface area contributed by atoms with E-state index in [0.29, 0.717) is 13.0 Å². The molecule has 0 spiro atoms. The van der Waals surface area contributed by atoms with E-state index in [-0.39, 0.29) is 5.75 Å². The number of carboxylic acids is 2. The minimum atomic E-state index is -1.66. The summed E-state index contributed by atoms with van der Waals surface area (Å²) in [5.74, 6) is -5.42. The van der Waals surface area contributed by atoms with Crippen molar-refractivity contribution in [2.45, 2.75) is 43.4 Å². The van der Waals surface area contributed by atoms with Crippen LogP contribution in [-0.2, 0) is 24.0 Å². The number of aliphatic carboxylic acids is 2. The Morgan fingerprint density at radius 3 is 2.07 bits per heavy atom. The molecule has 0 aromatic carbocycles. The number of aliphatic hydroxyl groups is 1. The molecule has 1 aliphatic heterocycles. The predicted molar refractivity (Wildman–Crippen MR) is 97.6 cm³/mol. The quantitative estimate of drug-likeness (QED) is 0.158. The lowest BCUT2D eigenvalue weighted by atomic mass is 10.1. The number of rotatable bonds is 11. The Morgan fingerprint density at radius 2 is 1.61 bits per heavy atom. The van der Waals surface area contributed by atoms with Crippen molar-refractivity contribution >= 4 is 42.3 Å². The van der Waals surface area contributed by atoms with Crippen molar-refractivity contribution < 1.29 is 39.3 Å². The van der Waals surface area contributed by atoms with E-state index in [1.165, 1.54) is 0 Å². The van der Waals surface area contributed by atoms with Gasteiger partial charge in [-0.15, -0.1) is 0 Å². The summed E-state index contributed by atoms with van der Waals surface area (Å²) in [6.45, 7) is -0.245. The van der Waals surface area contributed by atoms with Crippen molar-refractivity contribution in [2.24, 2.45) is 0 Å². The van der Waals surface area contributed by atoms with E-state index < -0.39 is 66.9 Å². The molecule has 0 radical (unpaired) electrons. The number of carboxylic acid groups (broad SMARTS) is 2. The zero-order valence-corrected chi connectivity index (χ0v) is 15.8. The SMILES string of the molecule is O=C(O)CC(NC(=O)C(CS)NC(=O)C1CCCN1)C(=O)NC(CO)C(=O)O. The fourth-order valence-corrected chi connectivity index (χ4v) is 2.75. The first-order valence-corrected chi connectivity index (χ1v) is 9.13. The number of nitrogens with one attached hydrogen (secondary N) is 4. The highest BCUT2D eigenvalue weighted by molar-refractivity contribution is 7.80. The third kappa shape index (κ3) is 7.32. The van der Waals surface area contributed by atoms with Crippen molar-refractivity contribution in [3.63, 3.8) is 0 Å². The van der Waals surface area contributed by atoms with E-state index in [4.69, 9.17) is 15.3 Å². The van der Waals surface area contributed by atoms with Gasteiger partial charge in [-0.25, -0.2) is 4.79 Å². The molecule has 0 aromatic heterocycles. The van der Waals surface area contributed by atoms with E-state index in [2.05, 4.69) is 28.6 Å². The first-order chi connectivity index (χ1) is 13.2. The van der Waals surface area contributed by atoms with Crippen molar-refractivity contribution in [3.8, 4) is 0 Å². The lowest BCUT2D eigenvalue weighted by Crippen LogP contribution is -2.58. The summed E-state index contributed by atoms with van der Waals surface area (Å²) in [5.41, 5.74) is 0. The maximum absolute atomic E-state index is 12.4. The fraction of sp³-hybridized carbons (Fsp3) is 0.667. The van der Waals surface area contributed by atoms with Gasteiger partial charge in [-0.3, -0.25) is 19.2 Å². The summed E-state index contributed by atoms with van der Waals surface area (Å²) < 4.78 is 0. The van der Waals surface area contributed by atoms with Crippen molar-refractivity contribution in [1.82, 2.24) is 21.3 Å². The molecule has 0 bridgehead atoms. The molecule has 0 aromatic rings. The van der Waals surface area contributed by atoms with Crippen molar-refractivity contribution in [1.29, 1.82) is 0 Å². The van der Waals surface area contributed by atoms with Crippen LogP contribution in [0.1, 0.15) is 19.3 Å². The molecule has 0 saturated carbocycles. The van der Waals surface area contributed by atoms with Crippen LogP contribution in [0.15, 0.2) is 0 Å². The Labute approximate surface area is 165 Å².